The SMILES string of the molecule is CC(C)CN(CCN(C)C)c1n[nH]c(=S)s1. The molecule has 0 spiro atoms. The maximum absolute atomic E-state index is 5.06. The van der Waals surface area contributed by atoms with Crippen LogP contribution in [0.5, 0.6) is 0 Å². The first kappa shape index (κ1) is 13.6. The Labute approximate surface area is 106 Å². The molecule has 4 nitrogen and oxygen atoms in total. The summed E-state index contributed by atoms with van der Waals surface area (Å²) < 4.78 is 0.744. The van der Waals surface area contributed by atoms with E-state index in [1.54, 1.807) is 11.3 Å². The normalized spacial score (nSPS) is 11.4. The molecule has 1 rings (SSSR count). The molecule has 0 unspecified atom stereocenters. The van der Waals surface area contributed by atoms with E-state index in [2.05, 4.69) is 47.9 Å². The monoisotopic (exact) mass is 260 g/mol. The molecule has 16 heavy (non-hydrogen) atoms. The summed E-state index contributed by atoms with van der Waals surface area (Å²) in [6.07, 6.45) is 0. The van der Waals surface area contributed by atoms with E-state index in [4.69, 9.17) is 12.2 Å². The van der Waals surface area contributed by atoms with Gasteiger partial charge in [0.1, 0.15) is 0 Å². The number of aromatic amines is 1. The highest BCUT2D eigenvalue weighted by molar-refractivity contribution is 7.73. The minimum absolute atomic E-state index is 0.625. The first-order valence-corrected chi connectivity index (χ1v) is 6.66. The molecule has 6 heteroatoms. The molecule has 1 N–H and O–H groups in total. The van der Waals surface area contributed by atoms with Crippen molar-refractivity contribution in [3.8, 4) is 0 Å². The standard InChI is InChI=1S/C10H20N4S2/c1-8(2)7-14(6-5-13(3)4)9-11-12-10(15)16-9/h8H,5-7H2,1-4H3,(H,12,15). The van der Waals surface area contributed by atoms with Crippen molar-refractivity contribution in [3.63, 3.8) is 0 Å². The van der Waals surface area contributed by atoms with Gasteiger partial charge in [0.05, 0.1) is 0 Å². The second-order valence-corrected chi connectivity index (χ2v) is 6.18. The average Bonchev–Trinajstić information content (AvgIpc) is 2.58. The van der Waals surface area contributed by atoms with Crippen molar-refractivity contribution in [3.05, 3.63) is 3.95 Å². The molecule has 0 saturated carbocycles. The second kappa shape index (κ2) is 6.32. The van der Waals surface area contributed by atoms with Crippen LogP contribution in [-0.2, 0) is 0 Å². The van der Waals surface area contributed by atoms with Crippen molar-refractivity contribution in [2.45, 2.75) is 13.8 Å². The van der Waals surface area contributed by atoms with Crippen LogP contribution in [0.3, 0.4) is 0 Å². The van der Waals surface area contributed by atoms with Gasteiger partial charge in [-0.05, 0) is 32.2 Å². The van der Waals surface area contributed by atoms with Crippen LogP contribution in [0.2, 0.25) is 0 Å². The van der Waals surface area contributed by atoms with Crippen molar-refractivity contribution >= 4 is 28.7 Å². The quantitative estimate of drug-likeness (QED) is 0.796. The average molecular weight is 260 g/mol. The van der Waals surface area contributed by atoms with Crippen molar-refractivity contribution in [1.82, 2.24) is 15.1 Å². The lowest BCUT2D eigenvalue weighted by Gasteiger charge is -2.24. The van der Waals surface area contributed by atoms with Gasteiger partial charge in [0, 0.05) is 19.6 Å². The summed E-state index contributed by atoms with van der Waals surface area (Å²) in [6.45, 7) is 7.47. The number of rotatable bonds is 6. The minimum atomic E-state index is 0.625. The van der Waals surface area contributed by atoms with Crippen molar-refractivity contribution < 1.29 is 0 Å². The van der Waals surface area contributed by atoms with E-state index in [1.807, 2.05) is 0 Å². The van der Waals surface area contributed by atoms with Gasteiger partial charge in [0.25, 0.3) is 0 Å². The number of nitrogens with one attached hydrogen (secondary N) is 1. The fourth-order valence-electron chi connectivity index (χ4n) is 1.38. The molecule has 0 saturated heterocycles. The van der Waals surface area contributed by atoms with E-state index >= 15 is 0 Å². The van der Waals surface area contributed by atoms with Crippen LogP contribution in [0.1, 0.15) is 13.8 Å². The van der Waals surface area contributed by atoms with E-state index in [0.29, 0.717) is 5.92 Å². The largest absolute Gasteiger partial charge is 0.345 e. The summed E-state index contributed by atoms with van der Waals surface area (Å²) >= 11 is 6.61. The summed E-state index contributed by atoms with van der Waals surface area (Å²) in [5, 5.41) is 8.08. The van der Waals surface area contributed by atoms with Crippen LogP contribution >= 0.6 is 23.6 Å². The number of H-pyrrole nitrogens is 1. The van der Waals surface area contributed by atoms with Gasteiger partial charge in [0.15, 0.2) is 3.95 Å². The van der Waals surface area contributed by atoms with Crippen molar-refractivity contribution in [2.24, 2.45) is 5.92 Å². The van der Waals surface area contributed by atoms with Crippen LogP contribution in [-0.4, -0.2) is 48.8 Å². The van der Waals surface area contributed by atoms with E-state index in [1.165, 1.54) is 0 Å². The number of anilines is 1. The third-order valence-corrected chi connectivity index (χ3v) is 3.25. The van der Waals surface area contributed by atoms with E-state index in [-0.39, 0.29) is 0 Å². The highest BCUT2D eigenvalue weighted by atomic mass is 32.1. The number of hydrogen-bond donors (Lipinski definition) is 1. The number of aromatic nitrogens is 2. The van der Waals surface area contributed by atoms with E-state index in [9.17, 15) is 0 Å². The molecule has 92 valence electrons. The lowest BCUT2D eigenvalue weighted by atomic mass is 10.2. The Hall–Kier alpha value is -0.460. The Balaban J connectivity index is 2.67. The summed E-state index contributed by atoms with van der Waals surface area (Å²) in [4.78, 5) is 4.47. The zero-order valence-corrected chi connectivity index (χ0v) is 12.0. The lowest BCUT2D eigenvalue weighted by Crippen LogP contribution is -2.34. The molecule has 0 aliphatic rings. The molecule has 0 bridgehead atoms. The van der Waals surface area contributed by atoms with Crippen LogP contribution in [0, 0.1) is 9.87 Å². The van der Waals surface area contributed by atoms with E-state index in [0.717, 1.165) is 28.7 Å². The topological polar surface area (TPSA) is 35.2 Å². The van der Waals surface area contributed by atoms with Gasteiger partial charge in [-0.25, -0.2) is 0 Å². The Morgan fingerprint density at radius 2 is 2.06 bits per heavy atom. The van der Waals surface area contributed by atoms with Gasteiger partial charge in [-0.3, -0.25) is 5.10 Å². The summed E-state index contributed by atoms with van der Waals surface area (Å²) in [5.74, 6) is 0.625. The van der Waals surface area contributed by atoms with Crippen LogP contribution < -0.4 is 4.90 Å². The third kappa shape index (κ3) is 4.59. The van der Waals surface area contributed by atoms with Crippen LogP contribution in [0.25, 0.3) is 0 Å². The zero-order chi connectivity index (χ0) is 12.1. The van der Waals surface area contributed by atoms with Gasteiger partial charge in [-0.1, -0.05) is 25.2 Å². The molecular formula is C10H20N4S2. The first-order valence-electron chi connectivity index (χ1n) is 5.44. The Bertz CT molecular complexity index is 356. The maximum Gasteiger partial charge on any atom is 0.206 e. The van der Waals surface area contributed by atoms with Gasteiger partial charge >= 0.3 is 0 Å². The Morgan fingerprint density at radius 1 is 1.38 bits per heavy atom. The molecule has 0 aliphatic heterocycles. The van der Waals surface area contributed by atoms with Gasteiger partial charge in [0.2, 0.25) is 5.13 Å². The highest BCUT2D eigenvalue weighted by Gasteiger charge is 2.11. The van der Waals surface area contributed by atoms with Crippen LogP contribution in [0.4, 0.5) is 5.13 Å². The molecule has 0 amide bonds. The molecule has 0 fully saturated rings. The predicted molar refractivity (Wildman–Crippen MR) is 72.9 cm³/mol. The van der Waals surface area contributed by atoms with Crippen molar-refractivity contribution in [1.29, 1.82) is 0 Å². The Morgan fingerprint density at radius 3 is 2.50 bits per heavy atom. The highest BCUT2D eigenvalue weighted by Crippen LogP contribution is 2.18. The molecular weight excluding hydrogens is 240 g/mol. The van der Waals surface area contributed by atoms with Crippen molar-refractivity contribution in [2.75, 3.05) is 38.6 Å². The molecule has 1 heterocycles. The van der Waals surface area contributed by atoms with Gasteiger partial charge < -0.3 is 9.80 Å². The number of nitrogens with zero attached hydrogens (tertiary/aromatic N) is 3. The molecule has 0 aromatic carbocycles. The minimum Gasteiger partial charge on any atom is -0.345 e. The Kier molecular flexibility index (Phi) is 5.37. The van der Waals surface area contributed by atoms with Gasteiger partial charge in [-0.15, -0.1) is 5.10 Å². The third-order valence-electron chi connectivity index (χ3n) is 2.10. The number of hydrogen-bond acceptors (Lipinski definition) is 5. The first-order chi connectivity index (χ1) is 7.49. The van der Waals surface area contributed by atoms with Gasteiger partial charge in [-0.2, -0.15) is 0 Å². The predicted octanol–water partition coefficient (Wildman–Crippen LogP) is 2.22. The lowest BCUT2D eigenvalue weighted by molar-refractivity contribution is 0.408. The smallest absolute Gasteiger partial charge is 0.206 e. The molecule has 0 radical (unpaired) electrons. The summed E-state index contributed by atoms with van der Waals surface area (Å²) in [7, 11) is 4.17. The second-order valence-electron chi connectivity index (χ2n) is 4.54. The fraction of sp³-hybridized carbons (Fsp3) is 0.800. The molecule has 0 atom stereocenters. The summed E-state index contributed by atoms with van der Waals surface area (Å²) in [5.41, 5.74) is 0. The fourth-order valence-corrected chi connectivity index (χ4v) is 2.30. The number of likely N-dealkylation sites (N-methyl/N-ethyl adjacent to an activating group) is 1. The molecule has 1 aromatic rings. The van der Waals surface area contributed by atoms with E-state index < -0.39 is 0 Å². The van der Waals surface area contributed by atoms with Crippen LogP contribution in [0.15, 0.2) is 0 Å². The maximum atomic E-state index is 5.06. The molecule has 0 aliphatic carbocycles. The zero-order valence-electron chi connectivity index (χ0n) is 10.4. The molecule has 1 aromatic heterocycles. The summed E-state index contributed by atoms with van der Waals surface area (Å²) in [6, 6.07) is 0.